The van der Waals surface area contributed by atoms with E-state index in [4.69, 9.17) is 0 Å². The number of aromatic nitrogens is 3. The maximum absolute atomic E-state index is 12.7. The number of rotatable bonds is 5. The van der Waals surface area contributed by atoms with Crippen molar-refractivity contribution in [3.8, 4) is 0 Å². The van der Waals surface area contributed by atoms with Crippen LogP contribution in [0.15, 0.2) is 18.3 Å². The van der Waals surface area contributed by atoms with E-state index in [9.17, 15) is 4.79 Å². The Hall–Kier alpha value is -2.70. The molecule has 1 N–H and O–H groups in total. The minimum atomic E-state index is 0.228. The summed E-state index contributed by atoms with van der Waals surface area (Å²) in [5.41, 5.74) is 4.55. The van der Waals surface area contributed by atoms with Crippen LogP contribution in [0, 0.1) is 19.8 Å². The molecule has 0 aliphatic carbocycles. The van der Waals surface area contributed by atoms with Crippen LogP contribution in [0.3, 0.4) is 0 Å². The number of amides is 1. The predicted molar refractivity (Wildman–Crippen MR) is 104 cm³/mol. The highest BCUT2D eigenvalue weighted by atomic mass is 16.2. The monoisotopic (exact) mass is 366 g/mol. The molecule has 0 radical (unpaired) electrons. The van der Waals surface area contributed by atoms with Gasteiger partial charge in [-0.3, -0.25) is 9.78 Å². The number of nitrogens with zero attached hydrogens (tertiary/aromatic N) is 5. The van der Waals surface area contributed by atoms with Gasteiger partial charge in [-0.05, 0) is 44.0 Å². The van der Waals surface area contributed by atoms with Crippen molar-refractivity contribution in [2.24, 2.45) is 5.92 Å². The zero-order chi connectivity index (χ0) is 19.0. The molecule has 2 aliphatic rings. The summed E-state index contributed by atoms with van der Waals surface area (Å²) >= 11 is 0. The third-order valence-corrected chi connectivity index (χ3v) is 5.32. The normalized spacial score (nSPS) is 16.3. The van der Waals surface area contributed by atoms with E-state index in [0.29, 0.717) is 31.4 Å². The van der Waals surface area contributed by atoms with E-state index >= 15 is 0 Å². The van der Waals surface area contributed by atoms with Crippen LogP contribution in [-0.2, 0) is 17.9 Å². The third-order valence-electron chi connectivity index (χ3n) is 5.32. The first-order valence-corrected chi connectivity index (χ1v) is 9.59. The van der Waals surface area contributed by atoms with Gasteiger partial charge in [-0.15, -0.1) is 0 Å². The molecule has 142 valence electrons. The van der Waals surface area contributed by atoms with Crippen LogP contribution >= 0.6 is 0 Å². The van der Waals surface area contributed by atoms with E-state index in [1.807, 2.05) is 24.8 Å². The van der Waals surface area contributed by atoms with E-state index in [1.165, 1.54) is 11.1 Å². The summed E-state index contributed by atoms with van der Waals surface area (Å²) in [4.78, 5) is 30.2. The number of pyridine rings is 1. The van der Waals surface area contributed by atoms with Crippen LogP contribution in [0.4, 0.5) is 11.8 Å². The lowest BCUT2D eigenvalue weighted by Gasteiger charge is -2.40. The highest BCUT2D eigenvalue weighted by Crippen LogP contribution is 2.29. The summed E-state index contributed by atoms with van der Waals surface area (Å²) in [5.74, 6) is 2.19. The fourth-order valence-electron chi connectivity index (χ4n) is 3.92. The molecule has 2 aromatic rings. The topological polar surface area (TPSA) is 74.2 Å². The van der Waals surface area contributed by atoms with E-state index in [0.717, 1.165) is 36.8 Å². The van der Waals surface area contributed by atoms with Gasteiger partial charge in [-0.2, -0.15) is 4.98 Å². The standard InChI is InChI=1S/C20H26N6O/c1-4-21-20-22-6-5-18(24-20)25-9-15(10-25)8-19(27)26-11-16-13(2)7-14(3)23-17(16)12-26/h5-7,15H,4,8-12H2,1-3H3,(H,21,22,24). The van der Waals surface area contributed by atoms with Crippen LogP contribution < -0.4 is 10.2 Å². The Morgan fingerprint density at radius 3 is 2.85 bits per heavy atom. The fourth-order valence-corrected chi connectivity index (χ4v) is 3.92. The van der Waals surface area contributed by atoms with Gasteiger partial charge in [0.1, 0.15) is 5.82 Å². The number of hydrogen-bond acceptors (Lipinski definition) is 6. The Morgan fingerprint density at radius 2 is 2.07 bits per heavy atom. The number of anilines is 2. The first kappa shape index (κ1) is 17.7. The molecule has 2 aromatic heterocycles. The molecule has 0 spiro atoms. The van der Waals surface area contributed by atoms with Crippen molar-refractivity contribution in [1.29, 1.82) is 0 Å². The van der Waals surface area contributed by atoms with Gasteiger partial charge in [0.15, 0.2) is 0 Å². The second-order valence-electron chi connectivity index (χ2n) is 7.50. The lowest BCUT2D eigenvalue weighted by molar-refractivity contribution is -0.133. The molecule has 2 aliphatic heterocycles. The Kier molecular flexibility index (Phi) is 4.68. The largest absolute Gasteiger partial charge is 0.356 e. The maximum atomic E-state index is 12.7. The summed E-state index contributed by atoms with van der Waals surface area (Å²) < 4.78 is 0. The van der Waals surface area contributed by atoms with Gasteiger partial charge in [0.2, 0.25) is 11.9 Å². The van der Waals surface area contributed by atoms with E-state index < -0.39 is 0 Å². The van der Waals surface area contributed by atoms with Gasteiger partial charge < -0.3 is 15.1 Å². The zero-order valence-corrected chi connectivity index (χ0v) is 16.2. The van der Waals surface area contributed by atoms with Crippen LogP contribution in [0.5, 0.6) is 0 Å². The van der Waals surface area contributed by atoms with Crippen LogP contribution in [0.1, 0.15) is 35.9 Å². The highest BCUT2D eigenvalue weighted by Gasteiger charge is 2.33. The number of aryl methyl sites for hydroxylation is 2. The molecule has 7 nitrogen and oxygen atoms in total. The lowest BCUT2D eigenvalue weighted by atomic mass is 9.95. The average molecular weight is 366 g/mol. The number of nitrogens with one attached hydrogen (secondary N) is 1. The van der Waals surface area contributed by atoms with Crippen molar-refractivity contribution >= 4 is 17.7 Å². The zero-order valence-electron chi connectivity index (χ0n) is 16.2. The summed E-state index contributed by atoms with van der Waals surface area (Å²) in [6.07, 6.45) is 2.37. The van der Waals surface area contributed by atoms with E-state index in [2.05, 4.69) is 38.2 Å². The molecule has 0 bridgehead atoms. The molecule has 1 amide bonds. The summed E-state index contributed by atoms with van der Waals surface area (Å²) in [6.45, 7) is 10.0. The van der Waals surface area contributed by atoms with E-state index in [1.54, 1.807) is 6.20 Å². The first-order chi connectivity index (χ1) is 13.0. The highest BCUT2D eigenvalue weighted by molar-refractivity contribution is 5.77. The predicted octanol–water partition coefficient (Wildman–Crippen LogP) is 2.29. The average Bonchev–Trinajstić information content (AvgIpc) is 3.02. The molecule has 27 heavy (non-hydrogen) atoms. The molecule has 0 saturated carbocycles. The van der Waals surface area contributed by atoms with Gasteiger partial charge in [0, 0.05) is 50.4 Å². The fraction of sp³-hybridized carbons (Fsp3) is 0.500. The van der Waals surface area contributed by atoms with Crippen LogP contribution in [-0.4, -0.2) is 45.4 Å². The third kappa shape index (κ3) is 3.59. The van der Waals surface area contributed by atoms with Gasteiger partial charge in [0.25, 0.3) is 0 Å². The minimum absolute atomic E-state index is 0.228. The lowest BCUT2D eigenvalue weighted by Crippen LogP contribution is -2.49. The second-order valence-corrected chi connectivity index (χ2v) is 7.50. The molecule has 1 fully saturated rings. The van der Waals surface area contributed by atoms with Crippen molar-refractivity contribution in [2.45, 2.75) is 40.3 Å². The van der Waals surface area contributed by atoms with Crippen molar-refractivity contribution < 1.29 is 4.79 Å². The summed E-state index contributed by atoms with van der Waals surface area (Å²) in [6, 6.07) is 4.02. The summed E-state index contributed by atoms with van der Waals surface area (Å²) in [5, 5.41) is 3.13. The van der Waals surface area contributed by atoms with E-state index in [-0.39, 0.29) is 5.91 Å². The number of hydrogen-bond donors (Lipinski definition) is 1. The maximum Gasteiger partial charge on any atom is 0.224 e. The Balaban J connectivity index is 1.31. The smallest absolute Gasteiger partial charge is 0.224 e. The van der Waals surface area contributed by atoms with Crippen molar-refractivity contribution in [3.63, 3.8) is 0 Å². The Labute approximate surface area is 159 Å². The number of fused-ring (bicyclic) bond motifs is 1. The number of carbonyl (C=O) groups is 1. The van der Waals surface area contributed by atoms with Crippen molar-refractivity contribution in [2.75, 3.05) is 29.9 Å². The molecule has 0 atom stereocenters. The Morgan fingerprint density at radius 1 is 1.26 bits per heavy atom. The van der Waals surface area contributed by atoms with Crippen LogP contribution in [0.25, 0.3) is 0 Å². The molecular formula is C20H26N6O. The molecule has 4 rings (SSSR count). The molecule has 7 heteroatoms. The van der Waals surface area contributed by atoms with Crippen molar-refractivity contribution in [1.82, 2.24) is 19.9 Å². The summed E-state index contributed by atoms with van der Waals surface area (Å²) in [7, 11) is 0. The Bertz CT molecular complexity index is 862. The number of carbonyl (C=O) groups excluding carboxylic acids is 1. The van der Waals surface area contributed by atoms with Gasteiger partial charge in [-0.1, -0.05) is 0 Å². The molecule has 0 unspecified atom stereocenters. The van der Waals surface area contributed by atoms with Crippen molar-refractivity contribution in [3.05, 3.63) is 40.8 Å². The molecule has 0 aromatic carbocycles. The first-order valence-electron chi connectivity index (χ1n) is 9.59. The van der Waals surface area contributed by atoms with Gasteiger partial charge in [-0.25, -0.2) is 4.98 Å². The van der Waals surface area contributed by atoms with Gasteiger partial charge >= 0.3 is 0 Å². The molecular weight excluding hydrogens is 340 g/mol. The van der Waals surface area contributed by atoms with Gasteiger partial charge in [0.05, 0.1) is 12.2 Å². The second kappa shape index (κ2) is 7.13. The SMILES string of the molecule is CCNc1nccc(N2CC(CC(=O)N3Cc4nc(C)cc(C)c4C3)C2)n1. The quantitative estimate of drug-likeness (QED) is 0.875. The molecule has 4 heterocycles. The minimum Gasteiger partial charge on any atom is -0.356 e. The molecule has 1 saturated heterocycles. The van der Waals surface area contributed by atoms with Crippen LogP contribution in [0.2, 0.25) is 0 Å².